The fourth-order valence-electron chi connectivity index (χ4n) is 1.39. The second kappa shape index (κ2) is 5.04. The van der Waals surface area contributed by atoms with Crippen LogP contribution in [-0.2, 0) is 5.88 Å². The molecule has 0 radical (unpaired) electrons. The molecule has 0 saturated carbocycles. The second-order valence-corrected chi connectivity index (χ2v) is 3.96. The van der Waals surface area contributed by atoms with Gasteiger partial charge in [0, 0.05) is 5.88 Å². The van der Waals surface area contributed by atoms with Gasteiger partial charge in [0.05, 0.1) is 0 Å². The van der Waals surface area contributed by atoms with Crippen LogP contribution in [0.4, 0.5) is 0 Å². The molecule has 0 heterocycles. The number of ether oxygens (including phenoxy) is 1. The van der Waals surface area contributed by atoms with E-state index in [4.69, 9.17) is 16.3 Å². The molecule has 0 N–H and O–H groups in total. The van der Waals surface area contributed by atoms with E-state index in [1.165, 1.54) is 5.56 Å². The molecule has 0 aliphatic carbocycles. The monoisotopic (exact) mass is 232 g/mol. The van der Waals surface area contributed by atoms with E-state index >= 15 is 0 Å². The highest BCUT2D eigenvalue weighted by atomic mass is 35.5. The molecule has 0 bridgehead atoms. The Morgan fingerprint density at radius 3 is 1.88 bits per heavy atom. The van der Waals surface area contributed by atoms with E-state index in [1.54, 1.807) is 0 Å². The van der Waals surface area contributed by atoms with Crippen molar-refractivity contribution in [1.29, 1.82) is 0 Å². The fraction of sp³-hybridized carbons (Fsp3) is 0.143. The summed E-state index contributed by atoms with van der Waals surface area (Å²) in [7, 11) is 0. The van der Waals surface area contributed by atoms with E-state index in [0.717, 1.165) is 17.1 Å². The van der Waals surface area contributed by atoms with Crippen molar-refractivity contribution in [3.63, 3.8) is 0 Å². The lowest BCUT2D eigenvalue weighted by Crippen LogP contribution is -1.85. The zero-order chi connectivity index (χ0) is 11.4. The largest absolute Gasteiger partial charge is 0.457 e. The van der Waals surface area contributed by atoms with E-state index in [9.17, 15) is 0 Å². The molecule has 0 saturated heterocycles. The number of rotatable bonds is 3. The van der Waals surface area contributed by atoms with Crippen LogP contribution in [0.15, 0.2) is 48.5 Å². The average Bonchev–Trinajstić information content (AvgIpc) is 2.33. The Kier molecular flexibility index (Phi) is 3.47. The lowest BCUT2D eigenvalue weighted by Gasteiger charge is -2.06. The average molecular weight is 233 g/mol. The summed E-state index contributed by atoms with van der Waals surface area (Å²) < 4.78 is 5.69. The van der Waals surface area contributed by atoms with Crippen LogP contribution in [-0.4, -0.2) is 0 Å². The van der Waals surface area contributed by atoms with Crippen LogP contribution in [0.2, 0.25) is 0 Å². The molecule has 2 aromatic carbocycles. The van der Waals surface area contributed by atoms with Gasteiger partial charge in [-0.15, -0.1) is 11.6 Å². The Hall–Kier alpha value is -1.47. The standard InChI is InChI=1S/C14H13ClO/c1-11-2-6-13(7-3-11)16-14-8-4-12(10-15)5-9-14/h2-9H,10H2,1H3. The Balaban J connectivity index is 2.11. The molecule has 0 unspecified atom stereocenters. The van der Waals surface area contributed by atoms with Crippen molar-refractivity contribution < 1.29 is 4.74 Å². The van der Waals surface area contributed by atoms with Crippen molar-refractivity contribution in [2.24, 2.45) is 0 Å². The summed E-state index contributed by atoms with van der Waals surface area (Å²) in [6.45, 7) is 2.05. The molecule has 0 aliphatic rings. The van der Waals surface area contributed by atoms with Gasteiger partial charge < -0.3 is 4.74 Å². The van der Waals surface area contributed by atoms with Crippen molar-refractivity contribution in [1.82, 2.24) is 0 Å². The number of halogens is 1. The third-order valence-electron chi connectivity index (χ3n) is 2.33. The zero-order valence-corrected chi connectivity index (χ0v) is 9.87. The SMILES string of the molecule is Cc1ccc(Oc2ccc(CCl)cc2)cc1. The fourth-order valence-corrected chi connectivity index (χ4v) is 1.57. The minimum absolute atomic E-state index is 0.533. The predicted molar refractivity (Wildman–Crippen MR) is 67.3 cm³/mol. The molecule has 2 rings (SSSR count). The summed E-state index contributed by atoms with van der Waals surface area (Å²) >= 11 is 5.72. The molecular formula is C14H13ClO. The zero-order valence-electron chi connectivity index (χ0n) is 9.11. The summed E-state index contributed by atoms with van der Waals surface area (Å²) in [5.74, 6) is 2.21. The van der Waals surface area contributed by atoms with Crippen LogP contribution < -0.4 is 4.74 Å². The molecule has 0 aliphatic heterocycles. The van der Waals surface area contributed by atoms with Crippen molar-refractivity contribution in [2.75, 3.05) is 0 Å². The van der Waals surface area contributed by atoms with Crippen LogP contribution in [0.3, 0.4) is 0 Å². The van der Waals surface area contributed by atoms with Gasteiger partial charge >= 0.3 is 0 Å². The van der Waals surface area contributed by atoms with Gasteiger partial charge in [-0.25, -0.2) is 0 Å². The maximum Gasteiger partial charge on any atom is 0.127 e. The summed E-state index contributed by atoms with van der Waals surface area (Å²) in [6.07, 6.45) is 0. The van der Waals surface area contributed by atoms with E-state index in [2.05, 4.69) is 6.92 Å². The molecule has 0 amide bonds. The van der Waals surface area contributed by atoms with Crippen LogP contribution in [0, 0.1) is 6.92 Å². The number of hydrogen-bond donors (Lipinski definition) is 0. The summed E-state index contributed by atoms with van der Waals surface area (Å²) in [6, 6.07) is 15.8. The maximum absolute atomic E-state index is 5.72. The number of hydrogen-bond acceptors (Lipinski definition) is 1. The quantitative estimate of drug-likeness (QED) is 0.707. The van der Waals surface area contributed by atoms with Crippen molar-refractivity contribution in [2.45, 2.75) is 12.8 Å². The number of benzene rings is 2. The first kappa shape index (κ1) is 11.0. The van der Waals surface area contributed by atoms with Gasteiger partial charge in [-0.3, -0.25) is 0 Å². The normalized spacial score (nSPS) is 10.1. The van der Waals surface area contributed by atoms with Crippen molar-refractivity contribution >= 4 is 11.6 Å². The van der Waals surface area contributed by atoms with Crippen LogP contribution in [0.25, 0.3) is 0 Å². The van der Waals surface area contributed by atoms with Gasteiger partial charge in [0.25, 0.3) is 0 Å². The highest BCUT2D eigenvalue weighted by Crippen LogP contribution is 2.22. The van der Waals surface area contributed by atoms with Gasteiger partial charge in [-0.2, -0.15) is 0 Å². The first-order valence-corrected chi connectivity index (χ1v) is 5.71. The molecule has 0 fully saturated rings. The van der Waals surface area contributed by atoms with Crippen LogP contribution >= 0.6 is 11.6 Å². The highest BCUT2D eigenvalue weighted by molar-refractivity contribution is 6.17. The van der Waals surface area contributed by atoms with Crippen molar-refractivity contribution in [3.8, 4) is 11.5 Å². The predicted octanol–water partition coefficient (Wildman–Crippen LogP) is 4.53. The second-order valence-electron chi connectivity index (χ2n) is 3.69. The van der Waals surface area contributed by atoms with E-state index < -0.39 is 0 Å². The molecule has 1 nitrogen and oxygen atoms in total. The summed E-state index contributed by atoms with van der Waals surface area (Å²) in [5, 5.41) is 0. The van der Waals surface area contributed by atoms with Crippen LogP contribution in [0.5, 0.6) is 11.5 Å². The molecule has 0 spiro atoms. The molecule has 2 heteroatoms. The summed E-state index contributed by atoms with van der Waals surface area (Å²) in [4.78, 5) is 0. The summed E-state index contributed by atoms with van der Waals surface area (Å²) in [5.41, 5.74) is 2.32. The van der Waals surface area contributed by atoms with Gasteiger partial charge in [-0.1, -0.05) is 29.8 Å². The molecule has 0 aromatic heterocycles. The molecular weight excluding hydrogens is 220 g/mol. The lowest BCUT2D eigenvalue weighted by molar-refractivity contribution is 0.482. The molecule has 16 heavy (non-hydrogen) atoms. The van der Waals surface area contributed by atoms with Gasteiger partial charge in [-0.05, 0) is 36.8 Å². The number of aryl methyl sites for hydroxylation is 1. The molecule has 82 valence electrons. The topological polar surface area (TPSA) is 9.23 Å². The minimum atomic E-state index is 0.533. The lowest BCUT2D eigenvalue weighted by atomic mass is 10.2. The third-order valence-corrected chi connectivity index (χ3v) is 2.64. The number of alkyl halides is 1. The maximum atomic E-state index is 5.72. The van der Waals surface area contributed by atoms with Gasteiger partial charge in [0.15, 0.2) is 0 Å². The van der Waals surface area contributed by atoms with E-state index in [1.807, 2.05) is 48.5 Å². The Labute approximate surface area is 101 Å². The first-order chi connectivity index (χ1) is 7.78. The molecule has 0 atom stereocenters. The smallest absolute Gasteiger partial charge is 0.127 e. The highest BCUT2D eigenvalue weighted by Gasteiger charge is 1.97. The minimum Gasteiger partial charge on any atom is -0.457 e. The Morgan fingerprint density at radius 2 is 1.38 bits per heavy atom. The molecule has 2 aromatic rings. The third kappa shape index (κ3) is 2.77. The van der Waals surface area contributed by atoms with E-state index in [-0.39, 0.29) is 0 Å². The Bertz CT molecular complexity index is 445. The van der Waals surface area contributed by atoms with Crippen molar-refractivity contribution in [3.05, 3.63) is 59.7 Å². The van der Waals surface area contributed by atoms with Gasteiger partial charge in [0.1, 0.15) is 11.5 Å². The van der Waals surface area contributed by atoms with E-state index in [0.29, 0.717) is 5.88 Å². The Morgan fingerprint density at radius 1 is 0.875 bits per heavy atom. The van der Waals surface area contributed by atoms with Crippen LogP contribution in [0.1, 0.15) is 11.1 Å². The van der Waals surface area contributed by atoms with Gasteiger partial charge in [0.2, 0.25) is 0 Å². The first-order valence-electron chi connectivity index (χ1n) is 5.17.